The van der Waals surface area contributed by atoms with Gasteiger partial charge in [-0.25, -0.2) is 4.98 Å². The molecule has 0 fully saturated rings. The van der Waals surface area contributed by atoms with E-state index in [1.165, 1.54) is 10.3 Å². The van der Waals surface area contributed by atoms with Crippen LogP contribution in [0, 0.1) is 6.92 Å². The molecule has 0 aliphatic heterocycles. The molecule has 2 nitrogen and oxygen atoms in total. The summed E-state index contributed by atoms with van der Waals surface area (Å²) in [4.78, 5) is 4.54. The minimum Gasteiger partial charge on any atom is -0.319 e. The van der Waals surface area contributed by atoms with Crippen LogP contribution < -0.4 is 5.32 Å². The van der Waals surface area contributed by atoms with E-state index in [2.05, 4.69) is 23.3 Å². The van der Waals surface area contributed by atoms with Crippen LogP contribution in [0.1, 0.15) is 10.6 Å². The van der Waals surface area contributed by atoms with Crippen LogP contribution in [0.25, 0.3) is 10.2 Å². The Morgan fingerprint density at radius 2 is 2.27 bits per heavy atom. The lowest BCUT2D eigenvalue weighted by molar-refractivity contribution is 0.789. The molecule has 1 aromatic heterocycles. The van der Waals surface area contributed by atoms with E-state index in [1.807, 2.05) is 13.1 Å². The van der Waals surface area contributed by atoms with Gasteiger partial charge in [0, 0.05) is 13.0 Å². The van der Waals surface area contributed by atoms with E-state index in [4.69, 9.17) is 11.6 Å². The Morgan fingerprint density at radius 1 is 1.47 bits per heavy atom. The van der Waals surface area contributed by atoms with Crippen molar-refractivity contribution in [3.8, 4) is 0 Å². The van der Waals surface area contributed by atoms with Gasteiger partial charge in [-0.15, -0.1) is 11.3 Å². The van der Waals surface area contributed by atoms with Gasteiger partial charge in [0.15, 0.2) is 0 Å². The van der Waals surface area contributed by atoms with Crippen LogP contribution >= 0.6 is 22.9 Å². The van der Waals surface area contributed by atoms with E-state index in [1.54, 1.807) is 11.3 Å². The zero-order valence-electron chi connectivity index (χ0n) is 8.80. The molecule has 0 aliphatic rings. The highest BCUT2D eigenvalue weighted by atomic mass is 35.5. The van der Waals surface area contributed by atoms with Gasteiger partial charge in [-0.3, -0.25) is 0 Å². The van der Waals surface area contributed by atoms with Crippen molar-refractivity contribution < 1.29 is 0 Å². The lowest BCUT2D eigenvalue weighted by atomic mass is 10.2. The number of likely N-dealkylation sites (N-methyl/N-ethyl adjacent to an activating group) is 1. The summed E-state index contributed by atoms with van der Waals surface area (Å²) in [5.74, 6) is 0. The lowest BCUT2D eigenvalue weighted by Crippen LogP contribution is -2.09. The minimum absolute atomic E-state index is 0.761. The molecular weight excluding hydrogens is 228 g/mol. The number of aromatic nitrogens is 1. The molecule has 2 rings (SSSR count). The molecule has 2 aromatic rings. The van der Waals surface area contributed by atoms with Crippen molar-refractivity contribution in [2.24, 2.45) is 0 Å². The molecule has 1 aromatic carbocycles. The predicted octanol–water partition coefficient (Wildman–Crippen LogP) is 3.02. The fraction of sp³-hybridized carbons (Fsp3) is 0.364. The number of nitrogens with one attached hydrogen (secondary N) is 1. The van der Waals surface area contributed by atoms with Gasteiger partial charge >= 0.3 is 0 Å². The monoisotopic (exact) mass is 240 g/mol. The normalized spacial score (nSPS) is 11.1. The first-order chi connectivity index (χ1) is 7.20. The number of hydrogen-bond acceptors (Lipinski definition) is 3. The van der Waals surface area contributed by atoms with E-state index < -0.39 is 0 Å². The summed E-state index contributed by atoms with van der Waals surface area (Å²) >= 11 is 7.87. The Hall–Kier alpha value is -0.640. The predicted molar refractivity (Wildman–Crippen MR) is 67.0 cm³/mol. The second-order valence-electron chi connectivity index (χ2n) is 3.55. The SMILES string of the molecule is CNCCc1nc2c(Cl)cc(C)cc2s1. The molecule has 80 valence electrons. The van der Waals surface area contributed by atoms with Crippen LogP contribution in [0.2, 0.25) is 5.02 Å². The number of aryl methyl sites for hydroxylation is 1. The second kappa shape index (κ2) is 4.47. The molecule has 0 bridgehead atoms. The zero-order valence-corrected chi connectivity index (χ0v) is 10.4. The van der Waals surface area contributed by atoms with Gasteiger partial charge in [-0.2, -0.15) is 0 Å². The van der Waals surface area contributed by atoms with Crippen molar-refractivity contribution in [1.82, 2.24) is 10.3 Å². The average Bonchev–Trinajstić information content (AvgIpc) is 2.57. The largest absolute Gasteiger partial charge is 0.319 e. The van der Waals surface area contributed by atoms with Gasteiger partial charge < -0.3 is 5.32 Å². The van der Waals surface area contributed by atoms with E-state index in [-0.39, 0.29) is 0 Å². The molecular formula is C11H13ClN2S. The fourth-order valence-corrected chi connectivity index (χ4v) is 2.97. The van der Waals surface area contributed by atoms with Crippen LogP contribution in [0.4, 0.5) is 0 Å². The average molecular weight is 241 g/mol. The summed E-state index contributed by atoms with van der Waals surface area (Å²) in [6.07, 6.45) is 0.964. The number of hydrogen-bond donors (Lipinski definition) is 1. The number of rotatable bonds is 3. The lowest BCUT2D eigenvalue weighted by Gasteiger charge is -1.94. The van der Waals surface area contributed by atoms with E-state index in [9.17, 15) is 0 Å². The Labute approximate surface area is 98.3 Å². The maximum absolute atomic E-state index is 6.14. The molecule has 0 amide bonds. The summed E-state index contributed by atoms with van der Waals surface area (Å²) in [5, 5.41) is 5.03. The molecule has 1 N–H and O–H groups in total. The highest BCUT2D eigenvalue weighted by molar-refractivity contribution is 7.18. The van der Waals surface area contributed by atoms with Crippen molar-refractivity contribution in [3.05, 3.63) is 27.7 Å². The molecule has 15 heavy (non-hydrogen) atoms. The third kappa shape index (κ3) is 2.30. The minimum atomic E-state index is 0.761. The van der Waals surface area contributed by atoms with E-state index in [0.717, 1.165) is 28.5 Å². The molecule has 0 saturated carbocycles. The Bertz CT molecular complexity index is 479. The molecule has 0 unspecified atom stereocenters. The number of halogens is 1. The van der Waals surface area contributed by atoms with Crippen LogP contribution in [-0.4, -0.2) is 18.6 Å². The first kappa shape index (κ1) is 10.9. The number of benzene rings is 1. The van der Waals surface area contributed by atoms with Crippen LogP contribution in [-0.2, 0) is 6.42 Å². The standard InChI is InChI=1S/C11H13ClN2S/c1-7-5-8(12)11-9(6-7)15-10(14-11)3-4-13-2/h5-6,13H,3-4H2,1-2H3. The van der Waals surface area contributed by atoms with Gasteiger partial charge in [0.2, 0.25) is 0 Å². The molecule has 0 atom stereocenters. The topological polar surface area (TPSA) is 24.9 Å². The summed E-state index contributed by atoms with van der Waals surface area (Å²) in [7, 11) is 1.95. The quantitative estimate of drug-likeness (QED) is 0.892. The van der Waals surface area contributed by atoms with Crippen LogP contribution in [0.3, 0.4) is 0 Å². The van der Waals surface area contributed by atoms with Gasteiger partial charge in [0.05, 0.1) is 14.7 Å². The summed E-state index contributed by atoms with van der Waals surface area (Å²) < 4.78 is 1.19. The van der Waals surface area contributed by atoms with Crippen LogP contribution in [0.5, 0.6) is 0 Å². The van der Waals surface area contributed by atoms with Gasteiger partial charge in [0.1, 0.15) is 5.52 Å². The first-order valence-corrected chi connectivity index (χ1v) is 6.10. The van der Waals surface area contributed by atoms with E-state index in [0.29, 0.717) is 0 Å². The molecule has 4 heteroatoms. The Balaban J connectivity index is 2.41. The first-order valence-electron chi connectivity index (χ1n) is 4.91. The van der Waals surface area contributed by atoms with E-state index >= 15 is 0 Å². The van der Waals surface area contributed by atoms with Gasteiger partial charge in [-0.1, -0.05) is 11.6 Å². The fourth-order valence-electron chi connectivity index (χ4n) is 1.50. The molecule has 1 heterocycles. The maximum Gasteiger partial charge on any atom is 0.100 e. The van der Waals surface area contributed by atoms with Crippen molar-refractivity contribution >= 4 is 33.2 Å². The smallest absolute Gasteiger partial charge is 0.100 e. The third-order valence-corrected chi connectivity index (χ3v) is 3.58. The highest BCUT2D eigenvalue weighted by Gasteiger charge is 2.07. The summed E-state index contributed by atoms with van der Waals surface area (Å²) in [6, 6.07) is 4.10. The summed E-state index contributed by atoms with van der Waals surface area (Å²) in [6.45, 7) is 3.01. The molecule has 0 radical (unpaired) electrons. The van der Waals surface area contributed by atoms with Crippen molar-refractivity contribution in [2.75, 3.05) is 13.6 Å². The molecule has 0 aliphatic carbocycles. The second-order valence-corrected chi connectivity index (χ2v) is 5.08. The Kier molecular flexibility index (Phi) is 3.24. The molecule has 0 saturated heterocycles. The van der Waals surface area contributed by atoms with Gasteiger partial charge in [-0.05, 0) is 31.7 Å². The van der Waals surface area contributed by atoms with Crippen molar-refractivity contribution in [2.45, 2.75) is 13.3 Å². The third-order valence-electron chi connectivity index (χ3n) is 2.23. The van der Waals surface area contributed by atoms with Gasteiger partial charge in [0.25, 0.3) is 0 Å². The molecule has 0 spiro atoms. The Morgan fingerprint density at radius 3 is 3.00 bits per heavy atom. The van der Waals surface area contributed by atoms with Crippen LogP contribution in [0.15, 0.2) is 12.1 Å². The number of nitrogens with zero attached hydrogens (tertiary/aromatic N) is 1. The van der Waals surface area contributed by atoms with Crippen molar-refractivity contribution in [1.29, 1.82) is 0 Å². The zero-order chi connectivity index (χ0) is 10.8. The van der Waals surface area contributed by atoms with Crippen molar-refractivity contribution in [3.63, 3.8) is 0 Å². The highest BCUT2D eigenvalue weighted by Crippen LogP contribution is 2.29. The maximum atomic E-state index is 6.14. The number of thiazole rings is 1. The summed E-state index contributed by atoms with van der Waals surface area (Å²) in [5.41, 5.74) is 2.13. The number of fused-ring (bicyclic) bond motifs is 1.